The highest BCUT2D eigenvalue weighted by atomic mass is 19.3. The summed E-state index contributed by atoms with van der Waals surface area (Å²) in [7, 11) is 0. The molecule has 0 fully saturated rings. The van der Waals surface area contributed by atoms with Crippen molar-refractivity contribution >= 4 is 11.7 Å². The molecule has 0 bridgehead atoms. The van der Waals surface area contributed by atoms with Crippen LogP contribution in [0, 0.1) is 6.92 Å². The number of carbonyl (C=O) groups excluding carboxylic acids is 1. The number of anilines is 1. The average Bonchev–Trinajstić information content (AvgIpc) is 2.02. The van der Waals surface area contributed by atoms with Gasteiger partial charge in [0, 0.05) is 6.20 Å². The van der Waals surface area contributed by atoms with Crippen molar-refractivity contribution < 1.29 is 13.6 Å². The van der Waals surface area contributed by atoms with Crippen LogP contribution in [0.15, 0.2) is 6.20 Å². The second-order valence-corrected chi connectivity index (χ2v) is 2.76. The highest BCUT2D eigenvalue weighted by molar-refractivity contribution is 5.94. The zero-order chi connectivity index (χ0) is 10.9. The lowest BCUT2D eigenvalue weighted by atomic mass is 10.1. The molecule has 0 atom stereocenters. The summed E-state index contributed by atoms with van der Waals surface area (Å²) in [6, 6.07) is 0. The molecule has 0 saturated carbocycles. The van der Waals surface area contributed by atoms with Gasteiger partial charge in [-0.05, 0) is 12.5 Å². The van der Waals surface area contributed by atoms with Gasteiger partial charge in [0.05, 0.1) is 11.1 Å². The molecule has 14 heavy (non-hydrogen) atoms. The van der Waals surface area contributed by atoms with E-state index < -0.39 is 17.9 Å². The van der Waals surface area contributed by atoms with Crippen LogP contribution < -0.4 is 11.5 Å². The minimum Gasteiger partial charge on any atom is -0.383 e. The summed E-state index contributed by atoms with van der Waals surface area (Å²) in [6.07, 6.45) is -1.67. The molecule has 0 aliphatic heterocycles. The molecule has 6 heteroatoms. The Hall–Kier alpha value is -1.72. The van der Waals surface area contributed by atoms with Gasteiger partial charge in [-0.15, -0.1) is 0 Å². The highest BCUT2D eigenvalue weighted by Gasteiger charge is 2.19. The minimum absolute atomic E-state index is 0.0329. The molecule has 1 rings (SSSR count). The van der Waals surface area contributed by atoms with E-state index in [9.17, 15) is 13.6 Å². The molecule has 0 aromatic carbocycles. The fraction of sp³-hybridized carbons (Fsp3) is 0.250. The predicted molar refractivity (Wildman–Crippen MR) is 46.9 cm³/mol. The van der Waals surface area contributed by atoms with Crippen molar-refractivity contribution in [2.45, 2.75) is 13.3 Å². The standard InChI is InChI=1S/C8H9F2N3O/c1-3-4(8(12)14)2-13-7(11)5(3)6(9)10/h2,6H,1H3,(H2,11,13)(H2,12,14). The molecular formula is C8H9F2N3O. The first-order valence-corrected chi connectivity index (χ1v) is 3.78. The van der Waals surface area contributed by atoms with E-state index in [1.165, 1.54) is 6.92 Å². The second kappa shape index (κ2) is 3.57. The number of nitrogens with two attached hydrogens (primary N) is 2. The molecule has 0 aliphatic carbocycles. The van der Waals surface area contributed by atoms with Gasteiger partial charge in [0.25, 0.3) is 12.3 Å². The van der Waals surface area contributed by atoms with E-state index in [4.69, 9.17) is 11.5 Å². The van der Waals surface area contributed by atoms with Crippen LogP contribution in [-0.4, -0.2) is 10.9 Å². The molecule has 0 saturated heterocycles. The lowest BCUT2D eigenvalue weighted by Gasteiger charge is -2.09. The van der Waals surface area contributed by atoms with E-state index in [-0.39, 0.29) is 16.9 Å². The normalized spacial score (nSPS) is 10.6. The number of nitrogen functional groups attached to an aromatic ring is 1. The molecule has 0 spiro atoms. The number of hydrogen-bond acceptors (Lipinski definition) is 3. The molecule has 0 aliphatic rings. The Morgan fingerprint density at radius 3 is 2.57 bits per heavy atom. The van der Waals surface area contributed by atoms with Gasteiger partial charge in [-0.3, -0.25) is 4.79 Å². The first-order chi connectivity index (χ1) is 6.45. The first kappa shape index (κ1) is 10.4. The summed E-state index contributed by atoms with van der Waals surface area (Å²) in [6.45, 7) is 1.36. The van der Waals surface area contributed by atoms with E-state index in [0.717, 1.165) is 6.20 Å². The van der Waals surface area contributed by atoms with Crippen LogP contribution in [0.1, 0.15) is 27.9 Å². The molecule has 0 radical (unpaired) electrons. The largest absolute Gasteiger partial charge is 0.383 e. The molecule has 1 heterocycles. The van der Waals surface area contributed by atoms with Crippen molar-refractivity contribution in [2.24, 2.45) is 5.73 Å². The fourth-order valence-corrected chi connectivity index (χ4v) is 1.16. The summed E-state index contributed by atoms with van der Waals surface area (Å²) in [5.41, 5.74) is 9.84. The lowest BCUT2D eigenvalue weighted by molar-refractivity contribution is 0.0998. The van der Waals surface area contributed by atoms with Gasteiger partial charge in [-0.1, -0.05) is 0 Å². The predicted octanol–water partition coefficient (Wildman–Crippen LogP) is 1.01. The third-order valence-electron chi connectivity index (χ3n) is 1.90. The molecule has 1 aromatic rings. The molecular weight excluding hydrogens is 192 g/mol. The molecule has 1 amide bonds. The Morgan fingerprint density at radius 2 is 2.14 bits per heavy atom. The van der Waals surface area contributed by atoms with Crippen molar-refractivity contribution in [3.63, 3.8) is 0 Å². The van der Waals surface area contributed by atoms with Crippen molar-refractivity contribution in [1.82, 2.24) is 4.98 Å². The number of carbonyl (C=O) groups is 1. The number of nitrogens with zero attached hydrogens (tertiary/aromatic N) is 1. The molecule has 4 N–H and O–H groups in total. The van der Waals surface area contributed by atoms with Crippen LogP contribution in [0.4, 0.5) is 14.6 Å². The Bertz CT molecular complexity index is 379. The summed E-state index contributed by atoms with van der Waals surface area (Å²) < 4.78 is 24.9. The third-order valence-corrected chi connectivity index (χ3v) is 1.90. The van der Waals surface area contributed by atoms with Crippen LogP contribution in [0.3, 0.4) is 0 Å². The summed E-state index contributed by atoms with van der Waals surface area (Å²) in [5, 5.41) is 0. The van der Waals surface area contributed by atoms with Crippen LogP contribution in [0.5, 0.6) is 0 Å². The zero-order valence-electron chi connectivity index (χ0n) is 7.42. The van der Waals surface area contributed by atoms with Crippen molar-refractivity contribution in [1.29, 1.82) is 0 Å². The van der Waals surface area contributed by atoms with Gasteiger partial charge in [-0.2, -0.15) is 0 Å². The smallest absolute Gasteiger partial charge is 0.267 e. The molecule has 76 valence electrons. The number of hydrogen-bond donors (Lipinski definition) is 2. The van der Waals surface area contributed by atoms with Crippen LogP contribution >= 0.6 is 0 Å². The third kappa shape index (κ3) is 1.63. The Morgan fingerprint density at radius 1 is 1.57 bits per heavy atom. The van der Waals surface area contributed by atoms with Crippen molar-refractivity contribution in [3.8, 4) is 0 Å². The van der Waals surface area contributed by atoms with Gasteiger partial charge < -0.3 is 11.5 Å². The minimum atomic E-state index is -2.76. The fourth-order valence-electron chi connectivity index (χ4n) is 1.16. The van der Waals surface area contributed by atoms with E-state index in [1.807, 2.05) is 0 Å². The summed E-state index contributed by atoms with van der Waals surface area (Å²) in [4.78, 5) is 14.3. The number of pyridine rings is 1. The van der Waals surface area contributed by atoms with E-state index >= 15 is 0 Å². The Kier molecular flexibility index (Phi) is 2.64. The van der Waals surface area contributed by atoms with E-state index in [0.29, 0.717) is 0 Å². The maximum absolute atomic E-state index is 12.5. The van der Waals surface area contributed by atoms with Crippen molar-refractivity contribution in [3.05, 3.63) is 22.9 Å². The Labute approximate surface area is 78.9 Å². The second-order valence-electron chi connectivity index (χ2n) is 2.76. The van der Waals surface area contributed by atoms with E-state index in [1.54, 1.807) is 0 Å². The lowest BCUT2D eigenvalue weighted by Crippen LogP contribution is -2.15. The molecule has 1 aromatic heterocycles. The summed E-state index contributed by atoms with van der Waals surface area (Å²) >= 11 is 0. The maximum atomic E-state index is 12.5. The van der Waals surface area contributed by atoms with Gasteiger partial charge in [0.2, 0.25) is 0 Å². The summed E-state index contributed by atoms with van der Waals surface area (Å²) in [5.74, 6) is -1.07. The van der Waals surface area contributed by atoms with Crippen molar-refractivity contribution in [2.75, 3.05) is 5.73 Å². The molecule has 0 unspecified atom stereocenters. The molecule has 4 nitrogen and oxygen atoms in total. The van der Waals surface area contributed by atoms with Gasteiger partial charge in [-0.25, -0.2) is 13.8 Å². The SMILES string of the molecule is Cc1c(C(N)=O)cnc(N)c1C(F)F. The van der Waals surface area contributed by atoms with E-state index in [2.05, 4.69) is 4.98 Å². The first-order valence-electron chi connectivity index (χ1n) is 3.78. The quantitative estimate of drug-likeness (QED) is 0.749. The van der Waals surface area contributed by atoms with Gasteiger partial charge >= 0.3 is 0 Å². The number of aromatic nitrogens is 1. The number of amides is 1. The van der Waals surface area contributed by atoms with Crippen LogP contribution in [0.25, 0.3) is 0 Å². The van der Waals surface area contributed by atoms with Crippen LogP contribution in [0.2, 0.25) is 0 Å². The topological polar surface area (TPSA) is 82.0 Å². The monoisotopic (exact) mass is 201 g/mol. The Balaban J connectivity index is 3.41. The number of alkyl halides is 2. The van der Waals surface area contributed by atoms with Gasteiger partial charge in [0.1, 0.15) is 5.82 Å². The van der Waals surface area contributed by atoms with Crippen LogP contribution in [-0.2, 0) is 0 Å². The van der Waals surface area contributed by atoms with Gasteiger partial charge in [0.15, 0.2) is 0 Å². The number of primary amides is 1. The zero-order valence-corrected chi connectivity index (χ0v) is 7.42. The maximum Gasteiger partial charge on any atom is 0.267 e. The highest BCUT2D eigenvalue weighted by Crippen LogP contribution is 2.28. The average molecular weight is 201 g/mol. The number of rotatable bonds is 2. The number of halogens is 2.